The minimum atomic E-state index is -1.62. The molecule has 3 atom stereocenters. The van der Waals surface area contributed by atoms with Gasteiger partial charge in [0.15, 0.2) is 11.8 Å². The van der Waals surface area contributed by atoms with Gasteiger partial charge in [0.2, 0.25) is 0 Å². The molecule has 1 fully saturated rings. The van der Waals surface area contributed by atoms with E-state index in [4.69, 9.17) is 20.8 Å². The third kappa shape index (κ3) is 1.94. The molecule has 0 aromatic carbocycles. The fourth-order valence-electron chi connectivity index (χ4n) is 1.83. The number of hydrogen-bond donors (Lipinski definition) is 2. The lowest BCUT2D eigenvalue weighted by atomic mass is 10.0. The fraction of sp³-hybridized carbons (Fsp3) is 0.500. The molecule has 0 spiro atoms. The number of alkyl halides is 1. The minimum Gasteiger partial charge on any atom is -0.392 e. The standard InChI is InChI=1S/C10H11FN4O3/c11-6-3-10(4-12,5-16)18-8(6)15-2-1-7(13)14-9(15)17/h1-2,6,8,16H,3,5H2,(H2,13,14,17). The number of halogens is 1. The molecule has 1 aromatic rings. The van der Waals surface area contributed by atoms with Crippen molar-refractivity contribution in [3.8, 4) is 6.07 Å². The zero-order chi connectivity index (χ0) is 13.3. The van der Waals surface area contributed by atoms with E-state index in [0.717, 1.165) is 4.57 Å². The van der Waals surface area contributed by atoms with Crippen LogP contribution >= 0.6 is 0 Å². The van der Waals surface area contributed by atoms with Crippen molar-refractivity contribution in [2.24, 2.45) is 0 Å². The highest BCUT2D eigenvalue weighted by Crippen LogP contribution is 2.37. The Morgan fingerprint density at radius 2 is 2.56 bits per heavy atom. The number of nitrogens with two attached hydrogens (primary N) is 1. The molecule has 1 aliphatic rings. The van der Waals surface area contributed by atoms with Gasteiger partial charge in [0.25, 0.3) is 0 Å². The first-order valence-electron chi connectivity index (χ1n) is 5.20. The molecule has 18 heavy (non-hydrogen) atoms. The molecule has 96 valence electrons. The second-order valence-electron chi connectivity index (χ2n) is 4.03. The molecular weight excluding hydrogens is 243 g/mol. The summed E-state index contributed by atoms with van der Waals surface area (Å²) in [5.41, 5.74) is 2.93. The first-order chi connectivity index (χ1) is 8.51. The van der Waals surface area contributed by atoms with Crippen LogP contribution in [0.3, 0.4) is 0 Å². The van der Waals surface area contributed by atoms with E-state index in [0.29, 0.717) is 0 Å². The molecule has 1 aromatic heterocycles. The van der Waals surface area contributed by atoms with Crippen molar-refractivity contribution in [3.63, 3.8) is 0 Å². The van der Waals surface area contributed by atoms with Crippen molar-refractivity contribution < 1.29 is 14.2 Å². The Bertz CT molecular complexity index is 555. The maximum Gasteiger partial charge on any atom is 0.351 e. The minimum absolute atomic E-state index is 0.0124. The normalized spacial score (nSPS) is 31.2. The van der Waals surface area contributed by atoms with Gasteiger partial charge >= 0.3 is 5.69 Å². The van der Waals surface area contributed by atoms with Crippen molar-refractivity contribution in [3.05, 3.63) is 22.7 Å². The van der Waals surface area contributed by atoms with Gasteiger partial charge in [0, 0.05) is 12.6 Å². The summed E-state index contributed by atoms with van der Waals surface area (Å²) in [6.45, 7) is -0.641. The molecule has 7 nitrogen and oxygen atoms in total. The number of aliphatic hydroxyl groups is 1. The molecule has 0 aliphatic carbocycles. The van der Waals surface area contributed by atoms with Crippen LogP contribution in [0.25, 0.3) is 0 Å². The zero-order valence-electron chi connectivity index (χ0n) is 9.28. The second-order valence-corrected chi connectivity index (χ2v) is 4.03. The first-order valence-corrected chi connectivity index (χ1v) is 5.20. The van der Waals surface area contributed by atoms with Crippen LogP contribution < -0.4 is 11.4 Å². The number of anilines is 1. The quantitative estimate of drug-likeness (QED) is 0.724. The summed E-state index contributed by atoms with van der Waals surface area (Å²) < 4.78 is 19.9. The van der Waals surface area contributed by atoms with Crippen LogP contribution in [0, 0.1) is 11.3 Å². The summed E-state index contributed by atoms with van der Waals surface area (Å²) >= 11 is 0. The number of nitrogen functional groups attached to an aromatic ring is 1. The van der Waals surface area contributed by atoms with Crippen LogP contribution in [0.2, 0.25) is 0 Å². The van der Waals surface area contributed by atoms with E-state index in [-0.39, 0.29) is 12.2 Å². The van der Waals surface area contributed by atoms with Gasteiger partial charge in [0.1, 0.15) is 18.1 Å². The van der Waals surface area contributed by atoms with Crippen molar-refractivity contribution >= 4 is 5.82 Å². The van der Waals surface area contributed by atoms with Gasteiger partial charge in [0.05, 0.1) is 6.61 Å². The first kappa shape index (κ1) is 12.5. The molecule has 1 aliphatic heterocycles. The molecule has 8 heteroatoms. The molecule has 1 saturated heterocycles. The topological polar surface area (TPSA) is 114 Å². The maximum absolute atomic E-state index is 13.8. The van der Waals surface area contributed by atoms with Crippen LogP contribution in [0.5, 0.6) is 0 Å². The van der Waals surface area contributed by atoms with E-state index in [2.05, 4.69) is 4.98 Å². The summed E-state index contributed by atoms with van der Waals surface area (Å²) in [5, 5.41) is 18.0. The van der Waals surface area contributed by atoms with Gasteiger partial charge < -0.3 is 15.6 Å². The Labute approximate surface area is 101 Å². The molecule has 0 radical (unpaired) electrons. The molecule has 0 bridgehead atoms. The number of rotatable bonds is 2. The summed E-state index contributed by atoms with van der Waals surface area (Å²) in [6, 6.07) is 3.04. The Morgan fingerprint density at radius 3 is 3.06 bits per heavy atom. The van der Waals surface area contributed by atoms with E-state index < -0.39 is 30.3 Å². The summed E-state index contributed by atoms with van der Waals surface area (Å²) in [7, 11) is 0. The highest BCUT2D eigenvalue weighted by molar-refractivity contribution is 5.23. The largest absolute Gasteiger partial charge is 0.392 e. The lowest BCUT2D eigenvalue weighted by Crippen LogP contribution is -2.33. The summed E-state index contributed by atoms with van der Waals surface area (Å²) in [6.07, 6.45) is -1.92. The van der Waals surface area contributed by atoms with E-state index in [9.17, 15) is 9.18 Å². The Hall–Kier alpha value is -1.98. The number of hydrogen-bond acceptors (Lipinski definition) is 6. The Kier molecular flexibility index (Phi) is 3.02. The van der Waals surface area contributed by atoms with Crippen LogP contribution in [-0.2, 0) is 4.74 Å². The van der Waals surface area contributed by atoms with Crippen molar-refractivity contribution in [1.82, 2.24) is 9.55 Å². The zero-order valence-corrected chi connectivity index (χ0v) is 9.28. The Balaban J connectivity index is 2.36. The molecule has 3 N–H and O–H groups in total. The highest BCUT2D eigenvalue weighted by Gasteiger charge is 2.48. The molecule has 3 unspecified atom stereocenters. The average molecular weight is 254 g/mol. The summed E-state index contributed by atoms with van der Waals surface area (Å²) in [5.74, 6) is 0.0124. The van der Waals surface area contributed by atoms with E-state index in [1.807, 2.05) is 0 Å². The second kappa shape index (κ2) is 4.36. The summed E-state index contributed by atoms with van der Waals surface area (Å²) in [4.78, 5) is 15.0. The van der Waals surface area contributed by atoms with Gasteiger partial charge in [-0.1, -0.05) is 0 Å². The van der Waals surface area contributed by atoms with Crippen molar-refractivity contribution in [1.29, 1.82) is 5.26 Å². The van der Waals surface area contributed by atoms with Crippen molar-refractivity contribution in [2.45, 2.75) is 24.4 Å². The van der Waals surface area contributed by atoms with Gasteiger partial charge in [-0.25, -0.2) is 9.18 Å². The molecule has 0 saturated carbocycles. The molecule has 2 rings (SSSR count). The van der Waals surface area contributed by atoms with Gasteiger partial charge in [-0.3, -0.25) is 4.57 Å². The van der Waals surface area contributed by atoms with Crippen LogP contribution in [0.1, 0.15) is 12.6 Å². The fourth-order valence-corrected chi connectivity index (χ4v) is 1.83. The lowest BCUT2D eigenvalue weighted by molar-refractivity contribution is -0.0752. The van der Waals surface area contributed by atoms with Gasteiger partial charge in [-0.05, 0) is 6.07 Å². The van der Waals surface area contributed by atoms with Gasteiger partial charge in [-0.2, -0.15) is 10.2 Å². The van der Waals surface area contributed by atoms with E-state index in [1.165, 1.54) is 12.3 Å². The third-order valence-electron chi connectivity index (χ3n) is 2.77. The lowest BCUT2D eigenvalue weighted by Gasteiger charge is -2.19. The van der Waals surface area contributed by atoms with Crippen LogP contribution in [0.15, 0.2) is 17.1 Å². The predicted molar refractivity (Wildman–Crippen MR) is 58.0 cm³/mol. The molecular formula is C10H11FN4O3. The van der Waals surface area contributed by atoms with Crippen molar-refractivity contribution in [2.75, 3.05) is 12.3 Å². The van der Waals surface area contributed by atoms with Crippen LogP contribution in [-0.4, -0.2) is 33.0 Å². The number of nitriles is 1. The number of aliphatic hydroxyl groups excluding tert-OH is 1. The van der Waals surface area contributed by atoms with E-state index >= 15 is 0 Å². The highest BCUT2D eigenvalue weighted by atomic mass is 19.1. The Morgan fingerprint density at radius 1 is 1.83 bits per heavy atom. The molecule has 0 amide bonds. The third-order valence-corrected chi connectivity index (χ3v) is 2.77. The average Bonchev–Trinajstić information content (AvgIpc) is 2.67. The number of ether oxygens (including phenoxy) is 1. The SMILES string of the molecule is N#CC1(CO)CC(F)C(n2ccc(N)nc2=O)O1. The number of nitrogens with zero attached hydrogens (tertiary/aromatic N) is 3. The predicted octanol–water partition coefficient (Wildman–Crippen LogP) is -0.663. The maximum atomic E-state index is 13.8. The van der Waals surface area contributed by atoms with E-state index in [1.54, 1.807) is 6.07 Å². The van der Waals surface area contributed by atoms with Crippen LogP contribution in [0.4, 0.5) is 10.2 Å². The number of aromatic nitrogens is 2. The monoisotopic (exact) mass is 254 g/mol. The van der Waals surface area contributed by atoms with Gasteiger partial charge in [-0.15, -0.1) is 0 Å². The molecule has 2 heterocycles. The smallest absolute Gasteiger partial charge is 0.351 e.